The fourth-order valence-corrected chi connectivity index (χ4v) is 4.36. The van der Waals surface area contributed by atoms with Crippen molar-refractivity contribution in [2.45, 2.75) is 58.6 Å². The molecule has 0 aromatic heterocycles. The number of methoxy groups -OCH3 is 1. The maximum Gasteiger partial charge on any atom is 0.295 e. The van der Waals surface area contributed by atoms with Gasteiger partial charge in [-0.05, 0) is 55.0 Å². The smallest absolute Gasteiger partial charge is 0.295 e. The van der Waals surface area contributed by atoms with E-state index in [2.05, 4.69) is 20.8 Å². The van der Waals surface area contributed by atoms with Crippen molar-refractivity contribution in [1.82, 2.24) is 4.90 Å². The highest BCUT2D eigenvalue weighted by Crippen LogP contribution is 2.42. The normalized spacial score (nSPS) is 17.9. The number of nitrogens with zero attached hydrogens (tertiary/aromatic N) is 1. The Kier molecular flexibility index (Phi) is 8.29. The molecule has 2 aromatic carbocycles. The third kappa shape index (κ3) is 5.88. The molecule has 1 saturated heterocycles. The zero-order chi connectivity index (χ0) is 25.9. The van der Waals surface area contributed by atoms with E-state index >= 15 is 0 Å². The molecule has 1 N–H and O–H groups in total. The number of halogens is 1. The minimum absolute atomic E-state index is 0.0175. The minimum atomic E-state index is -0.744. The van der Waals surface area contributed by atoms with Gasteiger partial charge < -0.3 is 19.5 Å². The first-order valence-electron chi connectivity index (χ1n) is 11.8. The van der Waals surface area contributed by atoms with Crippen LogP contribution < -0.4 is 4.74 Å². The van der Waals surface area contributed by atoms with Crippen molar-refractivity contribution >= 4 is 29.1 Å². The summed E-state index contributed by atoms with van der Waals surface area (Å²) in [5.41, 5.74) is 2.09. The molecule has 1 aliphatic heterocycles. The maximum atomic E-state index is 13.3. The number of ether oxygens (including phenoxy) is 2. The summed E-state index contributed by atoms with van der Waals surface area (Å²) < 4.78 is 11.0. The molecule has 1 atom stereocenters. The largest absolute Gasteiger partial charge is 0.507 e. The number of carbonyl (C=O) groups excluding carboxylic acids is 2. The monoisotopic (exact) mass is 499 g/mol. The molecule has 6 nitrogen and oxygen atoms in total. The molecule has 0 spiro atoms. The maximum absolute atomic E-state index is 13.3. The van der Waals surface area contributed by atoms with Crippen LogP contribution in [0.1, 0.15) is 63.8 Å². The lowest BCUT2D eigenvalue weighted by Gasteiger charge is -2.27. The number of aliphatic hydroxyl groups excluding tert-OH is 1. The van der Waals surface area contributed by atoms with E-state index in [0.717, 1.165) is 11.1 Å². The molecular formula is C28H34ClNO5. The second kappa shape index (κ2) is 10.8. The van der Waals surface area contributed by atoms with Crippen LogP contribution in [0.15, 0.2) is 48.0 Å². The summed E-state index contributed by atoms with van der Waals surface area (Å²) in [4.78, 5) is 27.9. The van der Waals surface area contributed by atoms with Gasteiger partial charge in [-0.2, -0.15) is 0 Å². The Labute approximate surface area is 212 Å². The van der Waals surface area contributed by atoms with Crippen LogP contribution >= 0.6 is 11.6 Å². The molecule has 1 aliphatic rings. The molecule has 188 valence electrons. The number of rotatable bonds is 8. The zero-order valence-corrected chi connectivity index (χ0v) is 22.0. The van der Waals surface area contributed by atoms with Crippen LogP contribution in [0, 0.1) is 0 Å². The Morgan fingerprint density at radius 2 is 1.77 bits per heavy atom. The number of carbonyl (C=O) groups is 2. The van der Waals surface area contributed by atoms with Crippen LogP contribution in [-0.2, 0) is 19.7 Å². The molecule has 1 heterocycles. The summed E-state index contributed by atoms with van der Waals surface area (Å²) in [7, 11) is 1.47. The van der Waals surface area contributed by atoms with Crippen molar-refractivity contribution in [3.8, 4) is 5.75 Å². The van der Waals surface area contributed by atoms with E-state index in [9.17, 15) is 14.7 Å². The molecule has 0 saturated carbocycles. The van der Waals surface area contributed by atoms with Crippen LogP contribution in [0.3, 0.4) is 0 Å². The van der Waals surface area contributed by atoms with Gasteiger partial charge in [0.05, 0.1) is 30.4 Å². The van der Waals surface area contributed by atoms with Gasteiger partial charge in [-0.3, -0.25) is 9.59 Å². The average Bonchev–Trinajstić information content (AvgIpc) is 3.05. The predicted molar refractivity (Wildman–Crippen MR) is 138 cm³/mol. The average molecular weight is 500 g/mol. The number of benzene rings is 2. The van der Waals surface area contributed by atoms with Crippen LogP contribution in [0.2, 0.25) is 5.02 Å². The molecule has 35 heavy (non-hydrogen) atoms. The van der Waals surface area contributed by atoms with Crippen molar-refractivity contribution < 1.29 is 24.2 Å². The molecular weight excluding hydrogens is 466 g/mol. The van der Waals surface area contributed by atoms with Crippen LogP contribution in [-0.4, -0.2) is 48.1 Å². The first-order chi connectivity index (χ1) is 16.5. The number of aliphatic hydroxyl groups is 1. The molecule has 0 bridgehead atoms. The molecule has 0 radical (unpaired) electrons. The van der Waals surface area contributed by atoms with E-state index < -0.39 is 17.7 Å². The van der Waals surface area contributed by atoms with Gasteiger partial charge in [0, 0.05) is 18.2 Å². The van der Waals surface area contributed by atoms with Crippen LogP contribution in [0.5, 0.6) is 5.75 Å². The highest BCUT2D eigenvalue weighted by Gasteiger charge is 2.46. The van der Waals surface area contributed by atoms with Crippen molar-refractivity contribution in [3.05, 3.63) is 69.8 Å². The number of hydrogen-bond acceptors (Lipinski definition) is 5. The number of ketones is 1. The molecule has 0 aliphatic carbocycles. The molecule has 1 unspecified atom stereocenters. The van der Waals surface area contributed by atoms with Gasteiger partial charge in [0.1, 0.15) is 11.5 Å². The fraction of sp³-hybridized carbons (Fsp3) is 0.429. The summed E-state index contributed by atoms with van der Waals surface area (Å²) in [6.07, 6.45) is 0.629. The number of hydrogen-bond donors (Lipinski definition) is 1. The Hall–Kier alpha value is -2.83. The summed E-state index contributed by atoms with van der Waals surface area (Å²) in [5, 5.41) is 11.7. The van der Waals surface area contributed by atoms with Gasteiger partial charge >= 0.3 is 0 Å². The quantitative estimate of drug-likeness (QED) is 0.212. The Balaban J connectivity index is 2.12. The van der Waals surface area contributed by atoms with Gasteiger partial charge in [0.2, 0.25) is 0 Å². The van der Waals surface area contributed by atoms with Crippen molar-refractivity contribution in [2.24, 2.45) is 0 Å². The van der Waals surface area contributed by atoms with E-state index in [1.807, 2.05) is 38.1 Å². The Morgan fingerprint density at radius 3 is 2.34 bits per heavy atom. The highest BCUT2D eigenvalue weighted by atomic mass is 35.5. The minimum Gasteiger partial charge on any atom is -0.507 e. The van der Waals surface area contributed by atoms with E-state index in [1.54, 1.807) is 12.1 Å². The van der Waals surface area contributed by atoms with E-state index in [-0.39, 0.29) is 28.4 Å². The first-order valence-corrected chi connectivity index (χ1v) is 12.2. The SMILES string of the molecule is COc1ccc(Cl)cc1/C(O)=C1\C(=O)C(=O)N(CCCOC(C)C)C1c1ccc(C(C)(C)C)cc1. The summed E-state index contributed by atoms with van der Waals surface area (Å²) in [6, 6.07) is 11.9. The number of Topliss-reactive ketones (excluding diaryl/α,β-unsaturated/α-hetero) is 1. The van der Waals surface area contributed by atoms with E-state index in [0.29, 0.717) is 30.3 Å². The first kappa shape index (κ1) is 26.8. The van der Waals surface area contributed by atoms with E-state index in [1.165, 1.54) is 18.1 Å². The summed E-state index contributed by atoms with van der Waals surface area (Å²) >= 11 is 6.18. The van der Waals surface area contributed by atoms with Crippen molar-refractivity contribution in [2.75, 3.05) is 20.3 Å². The summed E-state index contributed by atoms with van der Waals surface area (Å²) in [6.45, 7) is 11.0. The third-order valence-corrected chi connectivity index (χ3v) is 6.28. The van der Waals surface area contributed by atoms with Gasteiger partial charge in [-0.1, -0.05) is 56.6 Å². The number of amides is 1. The predicted octanol–water partition coefficient (Wildman–Crippen LogP) is 5.88. The van der Waals surface area contributed by atoms with Crippen LogP contribution in [0.25, 0.3) is 5.76 Å². The van der Waals surface area contributed by atoms with E-state index in [4.69, 9.17) is 21.1 Å². The lowest BCUT2D eigenvalue weighted by Crippen LogP contribution is -2.31. The van der Waals surface area contributed by atoms with Crippen molar-refractivity contribution in [1.29, 1.82) is 0 Å². The Morgan fingerprint density at radius 1 is 1.11 bits per heavy atom. The second-order valence-electron chi connectivity index (χ2n) is 9.98. The molecule has 1 fully saturated rings. The topological polar surface area (TPSA) is 76.1 Å². The molecule has 3 rings (SSSR count). The second-order valence-corrected chi connectivity index (χ2v) is 10.4. The standard InChI is InChI=1S/C28H34ClNO5/c1-17(2)35-15-7-14-30-24(18-8-10-19(11-9-18)28(3,4)5)23(26(32)27(30)33)25(31)21-16-20(29)12-13-22(21)34-6/h8-13,16-17,24,31H,7,14-15H2,1-6H3/b25-23+. The van der Waals surface area contributed by atoms with Gasteiger partial charge in [0.15, 0.2) is 0 Å². The molecule has 1 amide bonds. The third-order valence-electron chi connectivity index (χ3n) is 6.04. The van der Waals surface area contributed by atoms with Gasteiger partial charge in [-0.25, -0.2) is 0 Å². The Bertz CT molecular complexity index is 1120. The fourth-order valence-electron chi connectivity index (χ4n) is 4.19. The van der Waals surface area contributed by atoms with Gasteiger partial charge in [0.25, 0.3) is 11.7 Å². The van der Waals surface area contributed by atoms with Gasteiger partial charge in [-0.15, -0.1) is 0 Å². The lowest BCUT2D eigenvalue weighted by atomic mass is 9.85. The van der Waals surface area contributed by atoms with Crippen LogP contribution in [0.4, 0.5) is 0 Å². The number of likely N-dealkylation sites (tertiary alicyclic amines) is 1. The summed E-state index contributed by atoms with van der Waals surface area (Å²) in [5.74, 6) is -1.35. The lowest BCUT2D eigenvalue weighted by molar-refractivity contribution is -0.140. The highest BCUT2D eigenvalue weighted by molar-refractivity contribution is 6.46. The van der Waals surface area contributed by atoms with Crippen molar-refractivity contribution in [3.63, 3.8) is 0 Å². The molecule has 7 heteroatoms. The zero-order valence-electron chi connectivity index (χ0n) is 21.2. The molecule has 2 aromatic rings.